The highest BCUT2D eigenvalue weighted by molar-refractivity contribution is 5.96. The molecule has 1 aliphatic heterocycles. The molecule has 1 amide bonds. The van der Waals surface area contributed by atoms with E-state index >= 15 is 0 Å². The van der Waals surface area contributed by atoms with Crippen molar-refractivity contribution in [3.63, 3.8) is 0 Å². The Morgan fingerprint density at radius 3 is 2.74 bits per heavy atom. The summed E-state index contributed by atoms with van der Waals surface area (Å²) in [4.78, 5) is 38.8. The molecule has 0 bridgehead atoms. The summed E-state index contributed by atoms with van der Waals surface area (Å²) in [5, 5.41) is 11.4. The van der Waals surface area contributed by atoms with Gasteiger partial charge < -0.3 is 20.1 Å². The van der Waals surface area contributed by atoms with E-state index in [4.69, 9.17) is 4.98 Å². The number of hydrogen-bond acceptors (Lipinski definition) is 8. The number of fused-ring (bicyclic) bond motifs is 2. The first kappa shape index (κ1) is 24.0. The fourth-order valence-corrected chi connectivity index (χ4v) is 4.77. The number of carbonyl (C=O) groups is 1. The number of piperazine rings is 1. The zero-order valence-corrected chi connectivity index (χ0v) is 21.7. The minimum absolute atomic E-state index is 0.0326. The Bertz CT molecular complexity index is 1610. The molecule has 6 heterocycles. The molecule has 0 aromatic carbocycles. The molecule has 11 nitrogen and oxygen atoms in total. The van der Waals surface area contributed by atoms with Crippen LogP contribution in [0, 0.1) is 5.92 Å². The Morgan fingerprint density at radius 1 is 1.08 bits per heavy atom. The van der Waals surface area contributed by atoms with Gasteiger partial charge in [-0.25, -0.2) is 9.97 Å². The molecular weight excluding hydrogens is 480 g/mol. The molecule has 0 spiro atoms. The van der Waals surface area contributed by atoms with Crippen LogP contribution in [0.15, 0.2) is 43.0 Å². The van der Waals surface area contributed by atoms with Crippen LogP contribution in [0.5, 0.6) is 0 Å². The summed E-state index contributed by atoms with van der Waals surface area (Å²) in [5.74, 6) is 1.80. The number of hydrogen-bond donors (Lipinski definition) is 3. The Labute approximate surface area is 219 Å². The predicted octanol–water partition coefficient (Wildman–Crippen LogP) is 3.69. The molecule has 0 radical (unpaired) electrons. The van der Waals surface area contributed by atoms with Crippen LogP contribution in [0.4, 0.5) is 11.5 Å². The highest BCUT2D eigenvalue weighted by atomic mass is 16.1. The summed E-state index contributed by atoms with van der Waals surface area (Å²) in [5.41, 5.74) is 5.43. The zero-order valence-electron chi connectivity index (χ0n) is 21.7. The number of nitrogens with one attached hydrogen (secondary N) is 3. The molecule has 0 atom stereocenters. The summed E-state index contributed by atoms with van der Waals surface area (Å²) in [6.45, 7) is 7.84. The molecule has 5 aromatic heterocycles. The third kappa shape index (κ3) is 4.68. The van der Waals surface area contributed by atoms with Gasteiger partial charge in [0.15, 0.2) is 11.6 Å². The molecule has 6 rings (SSSR count). The minimum Gasteiger partial charge on any atom is -0.352 e. The maximum atomic E-state index is 12.2. The number of rotatable bonds is 6. The lowest BCUT2D eigenvalue weighted by Gasteiger charge is -2.33. The van der Waals surface area contributed by atoms with E-state index in [-0.39, 0.29) is 11.8 Å². The van der Waals surface area contributed by atoms with Gasteiger partial charge in [-0.15, -0.1) is 0 Å². The number of H-pyrrole nitrogens is 2. The fourth-order valence-electron chi connectivity index (χ4n) is 4.77. The summed E-state index contributed by atoms with van der Waals surface area (Å²) < 4.78 is 0. The Balaban J connectivity index is 1.34. The lowest BCUT2D eigenvalue weighted by Crippen LogP contribution is -2.44. The number of carbonyl (C=O) groups excluding carboxylic acids is 1. The zero-order chi connectivity index (χ0) is 26.2. The largest absolute Gasteiger partial charge is 0.352 e. The van der Waals surface area contributed by atoms with E-state index in [1.54, 1.807) is 18.6 Å². The van der Waals surface area contributed by atoms with E-state index in [1.807, 2.05) is 38.2 Å². The molecule has 0 unspecified atom stereocenters. The minimum atomic E-state index is -0.0326. The van der Waals surface area contributed by atoms with Crippen molar-refractivity contribution in [3.8, 4) is 22.8 Å². The second-order valence-electron chi connectivity index (χ2n) is 10.2. The topological polar surface area (TPSA) is 132 Å². The van der Waals surface area contributed by atoms with Crippen molar-refractivity contribution in [2.24, 2.45) is 5.92 Å². The van der Waals surface area contributed by atoms with Crippen LogP contribution in [0.25, 0.3) is 44.7 Å². The summed E-state index contributed by atoms with van der Waals surface area (Å²) in [6.07, 6.45) is 7.41. The average molecular weight is 511 g/mol. The van der Waals surface area contributed by atoms with Crippen molar-refractivity contribution in [1.29, 1.82) is 0 Å². The molecule has 194 valence electrons. The van der Waals surface area contributed by atoms with Crippen LogP contribution >= 0.6 is 0 Å². The molecule has 0 saturated carbocycles. The summed E-state index contributed by atoms with van der Waals surface area (Å²) in [6, 6.07) is 5.80. The quantitative estimate of drug-likeness (QED) is 0.315. The third-order valence-electron chi connectivity index (χ3n) is 6.77. The van der Waals surface area contributed by atoms with Crippen LogP contribution < -0.4 is 10.2 Å². The first-order chi connectivity index (χ1) is 18.4. The number of amides is 1. The molecule has 3 N–H and O–H groups in total. The van der Waals surface area contributed by atoms with E-state index in [1.165, 1.54) is 0 Å². The first-order valence-electron chi connectivity index (χ1n) is 12.8. The highest BCUT2D eigenvalue weighted by Crippen LogP contribution is 2.31. The lowest BCUT2D eigenvalue weighted by molar-refractivity contribution is -0.116. The van der Waals surface area contributed by atoms with Gasteiger partial charge in [-0.05, 0) is 31.2 Å². The van der Waals surface area contributed by atoms with E-state index < -0.39 is 0 Å². The van der Waals surface area contributed by atoms with Gasteiger partial charge in [-0.1, -0.05) is 13.8 Å². The number of aromatic amines is 2. The second kappa shape index (κ2) is 9.82. The molecule has 38 heavy (non-hydrogen) atoms. The normalized spacial score (nSPS) is 14.6. The van der Waals surface area contributed by atoms with Crippen LogP contribution in [-0.2, 0) is 4.79 Å². The smallest absolute Gasteiger partial charge is 0.224 e. The van der Waals surface area contributed by atoms with Crippen molar-refractivity contribution in [3.05, 3.63) is 43.0 Å². The molecule has 1 saturated heterocycles. The average Bonchev–Trinajstić information content (AvgIpc) is 3.52. The van der Waals surface area contributed by atoms with Gasteiger partial charge in [0.2, 0.25) is 5.91 Å². The maximum absolute atomic E-state index is 12.2. The van der Waals surface area contributed by atoms with Gasteiger partial charge >= 0.3 is 0 Å². The standard InChI is InChI=1S/C27H30N10O/c1-16(2)10-23(38)31-18-11-17(13-28-14-18)21-12-19-22(15-30-21)34-35-24(19)26-32-20-4-5-29-27(25(20)33-26)37-8-6-36(3)7-9-37/h4-5,11-16H,6-10H2,1-3H3,(H,31,38)(H,32,33)(H,34,35). The molecule has 11 heteroatoms. The van der Waals surface area contributed by atoms with Crippen molar-refractivity contribution in [1.82, 2.24) is 40.0 Å². The molecule has 0 aliphatic carbocycles. The van der Waals surface area contributed by atoms with Gasteiger partial charge in [-0.2, -0.15) is 5.10 Å². The monoisotopic (exact) mass is 510 g/mol. The van der Waals surface area contributed by atoms with Crippen LogP contribution in [0.2, 0.25) is 0 Å². The van der Waals surface area contributed by atoms with Crippen molar-refractivity contribution in [2.75, 3.05) is 43.4 Å². The van der Waals surface area contributed by atoms with Gasteiger partial charge in [0.1, 0.15) is 11.2 Å². The van der Waals surface area contributed by atoms with Gasteiger partial charge in [0.05, 0.1) is 34.8 Å². The molecule has 1 fully saturated rings. The molecule has 5 aromatic rings. The van der Waals surface area contributed by atoms with Crippen LogP contribution in [-0.4, -0.2) is 79.2 Å². The van der Waals surface area contributed by atoms with Crippen molar-refractivity contribution >= 4 is 39.3 Å². The van der Waals surface area contributed by atoms with E-state index in [2.05, 4.69) is 52.3 Å². The SMILES string of the molecule is CC(C)CC(=O)Nc1cncc(-c2cc3c(-c4nc5c(N6CCN(C)CC6)nccc5[nH]4)n[nH]c3cn2)c1. The predicted molar refractivity (Wildman–Crippen MR) is 148 cm³/mol. The number of imidazole rings is 1. The van der Waals surface area contributed by atoms with E-state index in [0.29, 0.717) is 23.6 Å². The van der Waals surface area contributed by atoms with Gasteiger partial charge in [-0.3, -0.25) is 19.9 Å². The second-order valence-corrected chi connectivity index (χ2v) is 10.2. The van der Waals surface area contributed by atoms with E-state index in [0.717, 1.165) is 65.2 Å². The number of aromatic nitrogens is 7. The van der Waals surface area contributed by atoms with Crippen LogP contribution in [0.1, 0.15) is 20.3 Å². The molecular formula is C27H30N10O. The molecule has 1 aliphatic rings. The van der Waals surface area contributed by atoms with E-state index in [9.17, 15) is 4.79 Å². The van der Waals surface area contributed by atoms with Gasteiger partial charge in [0.25, 0.3) is 0 Å². The fraction of sp³-hybridized carbons (Fsp3) is 0.333. The number of anilines is 2. The lowest BCUT2D eigenvalue weighted by atomic mass is 10.1. The maximum Gasteiger partial charge on any atom is 0.224 e. The first-order valence-corrected chi connectivity index (χ1v) is 12.8. The highest BCUT2D eigenvalue weighted by Gasteiger charge is 2.21. The van der Waals surface area contributed by atoms with Gasteiger partial charge in [0, 0.05) is 55.9 Å². The van der Waals surface area contributed by atoms with Crippen molar-refractivity contribution < 1.29 is 4.79 Å². The van der Waals surface area contributed by atoms with Crippen molar-refractivity contribution in [2.45, 2.75) is 20.3 Å². The Morgan fingerprint density at radius 2 is 1.92 bits per heavy atom. The number of pyridine rings is 3. The van der Waals surface area contributed by atoms with Crippen LogP contribution in [0.3, 0.4) is 0 Å². The third-order valence-corrected chi connectivity index (χ3v) is 6.77. The summed E-state index contributed by atoms with van der Waals surface area (Å²) in [7, 11) is 2.14. The number of likely N-dealkylation sites (N-methyl/N-ethyl adjacent to an activating group) is 1. The number of nitrogens with zero attached hydrogens (tertiary/aromatic N) is 7. The Hall–Kier alpha value is -4.38. The summed E-state index contributed by atoms with van der Waals surface area (Å²) >= 11 is 0. The Kier molecular flexibility index (Phi) is 6.20.